The first kappa shape index (κ1) is 27.4. The van der Waals surface area contributed by atoms with Gasteiger partial charge in [-0.15, -0.1) is 0 Å². The van der Waals surface area contributed by atoms with Crippen LogP contribution in [0.1, 0.15) is 54.0 Å². The predicted molar refractivity (Wildman–Crippen MR) is 148 cm³/mol. The van der Waals surface area contributed by atoms with E-state index in [0.29, 0.717) is 48.3 Å². The molecule has 1 aliphatic carbocycles. The van der Waals surface area contributed by atoms with Crippen molar-refractivity contribution in [3.05, 3.63) is 90.0 Å². The SMILES string of the molecule is N#Cc1nccc(C2(NC(=O)Nc3ccc(-c4ccc(C(=O)NCCn5nccn5)cc4)c(F)c3)CCCCC2)n1. The summed E-state index contributed by atoms with van der Waals surface area (Å²) in [6, 6.07) is 14.2. The van der Waals surface area contributed by atoms with Crippen molar-refractivity contribution in [2.75, 3.05) is 11.9 Å². The lowest BCUT2D eigenvalue weighted by molar-refractivity contribution is 0.0951. The van der Waals surface area contributed by atoms with Crippen LogP contribution in [0.25, 0.3) is 11.1 Å². The Balaban J connectivity index is 1.22. The van der Waals surface area contributed by atoms with E-state index in [0.717, 1.165) is 19.3 Å². The third-order valence-corrected chi connectivity index (χ3v) is 7.05. The van der Waals surface area contributed by atoms with E-state index in [1.165, 1.54) is 17.1 Å². The van der Waals surface area contributed by atoms with Crippen molar-refractivity contribution in [2.24, 2.45) is 0 Å². The van der Waals surface area contributed by atoms with Crippen molar-refractivity contribution in [1.82, 2.24) is 35.6 Å². The van der Waals surface area contributed by atoms with Crippen LogP contribution in [-0.4, -0.2) is 43.4 Å². The summed E-state index contributed by atoms with van der Waals surface area (Å²) in [4.78, 5) is 35.2. The summed E-state index contributed by atoms with van der Waals surface area (Å²) in [5.74, 6) is -0.728. The van der Waals surface area contributed by atoms with E-state index in [4.69, 9.17) is 0 Å². The molecular weight excluding hydrogens is 525 g/mol. The first-order valence-corrected chi connectivity index (χ1v) is 13.3. The fraction of sp³-hybridized carbons (Fsp3) is 0.276. The van der Waals surface area contributed by atoms with Crippen LogP contribution in [0, 0.1) is 17.1 Å². The number of anilines is 1. The summed E-state index contributed by atoms with van der Waals surface area (Å²) in [7, 11) is 0. The van der Waals surface area contributed by atoms with Gasteiger partial charge in [0.2, 0.25) is 5.82 Å². The molecule has 5 rings (SSSR count). The highest BCUT2D eigenvalue weighted by Gasteiger charge is 2.37. The molecular formula is C29H28FN9O2. The van der Waals surface area contributed by atoms with Gasteiger partial charge >= 0.3 is 6.03 Å². The number of nitrogens with zero attached hydrogens (tertiary/aromatic N) is 6. The Kier molecular flexibility index (Phi) is 8.24. The normalized spacial score (nSPS) is 14.0. The molecule has 2 aromatic carbocycles. The number of nitriles is 1. The molecule has 2 aromatic heterocycles. The smallest absolute Gasteiger partial charge is 0.319 e. The van der Waals surface area contributed by atoms with E-state index >= 15 is 4.39 Å². The number of carbonyl (C=O) groups excluding carboxylic acids is 2. The Morgan fingerprint density at radius 1 is 1.00 bits per heavy atom. The zero-order valence-electron chi connectivity index (χ0n) is 22.2. The minimum absolute atomic E-state index is 0.0453. The Labute approximate surface area is 235 Å². The van der Waals surface area contributed by atoms with Gasteiger partial charge < -0.3 is 16.0 Å². The molecule has 0 atom stereocenters. The van der Waals surface area contributed by atoms with E-state index in [1.54, 1.807) is 54.9 Å². The molecule has 208 valence electrons. The summed E-state index contributed by atoms with van der Waals surface area (Å²) < 4.78 is 15.1. The van der Waals surface area contributed by atoms with E-state index < -0.39 is 17.4 Å². The van der Waals surface area contributed by atoms with Crippen molar-refractivity contribution >= 4 is 17.6 Å². The number of hydrogen-bond acceptors (Lipinski definition) is 7. The summed E-state index contributed by atoms with van der Waals surface area (Å²) in [5, 5.41) is 25.7. The average molecular weight is 554 g/mol. The maximum atomic E-state index is 15.1. The number of rotatable bonds is 8. The topological polar surface area (TPSA) is 151 Å². The van der Waals surface area contributed by atoms with Crippen LogP contribution in [0.3, 0.4) is 0 Å². The van der Waals surface area contributed by atoms with Gasteiger partial charge in [0.05, 0.1) is 30.2 Å². The number of benzene rings is 2. The van der Waals surface area contributed by atoms with Gasteiger partial charge in [0.25, 0.3) is 5.91 Å². The number of hydrogen-bond donors (Lipinski definition) is 3. The van der Waals surface area contributed by atoms with Gasteiger partial charge in [0.15, 0.2) is 0 Å². The molecule has 0 bridgehead atoms. The summed E-state index contributed by atoms with van der Waals surface area (Å²) in [6.45, 7) is 0.817. The minimum Gasteiger partial charge on any atom is -0.350 e. The summed E-state index contributed by atoms with van der Waals surface area (Å²) in [6.07, 6.45) is 8.85. The van der Waals surface area contributed by atoms with Crippen molar-refractivity contribution < 1.29 is 14.0 Å². The second-order valence-electron chi connectivity index (χ2n) is 9.75. The second-order valence-corrected chi connectivity index (χ2v) is 9.75. The van der Waals surface area contributed by atoms with E-state index in [2.05, 4.69) is 36.1 Å². The lowest BCUT2D eigenvalue weighted by Gasteiger charge is -2.37. The number of urea groups is 1. The van der Waals surface area contributed by atoms with Gasteiger partial charge in [-0.1, -0.05) is 31.4 Å². The molecule has 1 aliphatic rings. The molecule has 2 heterocycles. The van der Waals surface area contributed by atoms with Crippen LogP contribution in [0.15, 0.2) is 67.1 Å². The Bertz CT molecular complexity index is 1560. The molecule has 12 heteroatoms. The standard InChI is InChI=1S/C29H28FN9O2/c30-24-18-22(36-28(41)38-29(11-2-1-3-12-29)25-10-13-32-26(19-31)37-25)8-9-23(24)20-4-6-21(7-5-20)27(40)33-16-17-39-34-14-15-35-39/h4-10,13-15,18H,1-3,11-12,16-17H2,(H,33,40)(H2,36,38,41). The molecule has 41 heavy (non-hydrogen) atoms. The van der Waals surface area contributed by atoms with Gasteiger partial charge in [0, 0.05) is 29.6 Å². The van der Waals surface area contributed by atoms with Gasteiger partial charge in [-0.3, -0.25) is 4.79 Å². The molecule has 1 fully saturated rings. The van der Waals surface area contributed by atoms with Crippen LogP contribution >= 0.6 is 0 Å². The van der Waals surface area contributed by atoms with E-state index in [9.17, 15) is 14.9 Å². The molecule has 11 nitrogen and oxygen atoms in total. The largest absolute Gasteiger partial charge is 0.350 e. The Morgan fingerprint density at radius 2 is 1.76 bits per heavy atom. The molecule has 0 unspecified atom stereocenters. The van der Waals surface area contributed by atoms with Gasteiger partial charge in [-0.2, -0.15) is 20.3 Å². The first-order chi connectivity index (χ1) is 20.0. The second kappa shape index (κ2) is 12.3. The molecule has 0 aliphatic heterocycles. The number of amides is 3. The van der Waals surface area contributed by atoms with Gasteiger partial charge in [0.1, 0.15) is 11.9 Å². The molecule has 1 saturated carbocycles. The van der Waals surface area contributed by atoms with Gasteiger partial charge in [-0.25, -0.2) is 19.2 Å². The zero-order valence-corrected chi connectivity index (χ0v) is 22.2. The zero-order chi connectivity index (χ0) is 28.7. The van der Waals surface area contributed by atoms with Crippen LogP contribution < -0.4 is 16.0 Å². The van der Waals surface area contributed by atoms with Crippen LogP contribution in [0.5, 0.6) is 0 Å². The predicted octanol–water partition coefficient (Wildman–Crippen LogP) is 4.16. The van der Waals surface area contributed by atoms with Crippen molar-refractivity contribution in [1.29, 1.82) is 5.26 Å². The molecule has 0 radical (unpaired) electrons. The first-order valence-electron chi connectivity index (χ1n) is 13.3. The third-order valence-electron chi connectivity index (χ3n) is 7.05. The molecule has 0 spiro atoms. The fourth-order valence-electron chi connectivity index (χ4n) is 5.02. The van der Waals surface area contributed by atoms with Crippen LogP contribution in [-0.2, 0) is 12.1 Å². The Morgan fingerprint density at radius 3 is 2.46 bits per heavy atom. The highest BCUT2D eigenvalue weighted by Crippen LogP contribution is 2.36. The number of nitrogens with one attached hydrogen (secondary N) is 3. The maximum absolute atomic E-state index is 15.1. The molecule has 0 saturated heterocycles. The molecule has 3 amide bonds. The molecule has 4 aromatic rings. The molecule has 3 N–H and O–H groups in total. The lowest BCUT2D eigenvalue weighted by Crippen LogP contribution is -2.49. The summed E-state index contributed by atoms with van der Waals surface area (Å²) in [5.41, 5.74) is 1.51. The van der Waals surface area contributed by atoms with Crippen LogP contribution in [0.2, 0.25) is 0 Å². The number of halogens is 1. The average Bonchev–Trinajstić information content (AvgIpc) is 3.51. The van der Waals surface area contributed by atoms with Crippen molar-refractivity contribution in [3.8, 4) is 17.2 Å². The van der Waals surface area contributed by atoms with E-state index in [-0.39, 0.29) is 17.4 Å². The highest BCUT2D eigenvalue weighted by atomic mass is 19.1. The minimum atomic E-state index is -0.737. The highest BCUT2D eigenvalue weighted by molar-refractivity contribution is 5.94. The van der Waals surface area contributed by atoms with Crippen molar-refractivity contribution in [2.45, 2.75) is 44.2 Å². The maximum Gasteiger partial charge on any atom is 0.319 e. The monoisotopic (exact) mass is 553 g/mol. The quantitative estimate of drug-likeness (QED) is 0.296. The van der Waals surface area contributed by atoms with Gasteiger partial charge in [-0.05, 0) is 54.8 Å². The van der Waals surface area contributed by atoms with E-state index in [1.807, 2.05) is 6.07 Å². The lowest BCUT2D eigenvalue weighted by atomic mass is 9.79. The number of aromatic nitrogens is 5. The third kappa shape index (κ3) is 6.52. The van der Waals surface area contributed by atoms with Crippen LogP contribution in [0.4, 0.5) is 14.9 Å². The fourth-order valence-corrected chi connectivity index (χ4v) is 5.02. The summed E-state index contributed by atoms with van der Waals surface area (Å²) >= 11 is 0. The number of carbonyl (C=O) groups is 2. The Hall–Kier alpha value is -5.18. The van der Waals surface area contributed by atoms with Crippen molar-refractivity contribution in [3.63, 3.8) is 0 Å².